The number of sulfonamides is 1. The Bertz CT molecular complexity index is 660. The third-order valence-electron chi connectivity index (χ3n) is 3.86. The molecule has 0 atom stereocenters. The molecule has 1 heterocycles. The molecule has 1 aromatic heterocycles. The summed E-state index contributed by atoms with van der Waals surface area (Å²) in [6.07, 6.45) is 2.92. The SMILES string of the molecule is CCN(CCCNC(=NC)NCCCn1nc(C)cc1C)S(C)(=O)=O.I. The van der Waals surface area contributed by atoms with Gasteiger partial charge in [0.05, 0.1) is 11.9 Å². The van der Waals surface area contributed by atoms with Crippen LogP contribution in [0.1, 0.15) is 31.2 Å². The summed E-state index contributed by atoms with van der Waals surface area (Å²) in [5.41, 5.74) is 2.21. The predicted octanol–water partition coefficient (Wildman–Crippen LogP) is 1.34. The van der Waals surface area contributed by atoms with Crippen LogP contribution < -0.4 is 10.6 Å². The first-order chi connectivity index (χ1) is 11.8. The maximum Gasteiger partial charge on any atom is 0.211 e. The molecule has 0 aromatic carbocycles. The minimum absolute atomic E-state index is 0. The number of hydrogen-bond donors (Lipinski definition) is 2. The molecule has 0 spiro atoms. The van der Waals surface area contributed by atoms with Crippen LogP contribution in [0, 0.1) is 13.8 Å². The van der Waals surface area contributed by atoms with Gasteiger partial charge in [-0.15, -0.1) is 24.0 Å². The van der Waals surface area contributed by atoms with E-state index in [2.05, 4.69) is 33.7 Å². The summed E-state index contributed by atoms with van der Waals surface area (Å²) in [6, 6.07) is 2.07. The fourth-order valence-corrected chi connectivity index (χ4v) is 3.51. The van der Waals surface area contributed by atoms with Gasteiger partial charge in [-0.25, -0.2) is 12.7 Å². The molecule has 10 heteroatoms. The van der Waals surface area contributed by atoms with Crippen molar-refractivity contribution in [3.8, 4) is 0 Å². The van der Waals surface area contributed by atoms with Gasteiger partial charge in [-0.05, 0) is 32.8 Å². The molecule has 0 aliphatic heterocycles. The second-order valence-corrected chi connectivity index (χ2v) is 8.02. The first kappa shape index (κ1) is 25.1. The predicted molar refractivity (Wildman–Crippen MR) is 118 cm³/mol. The van der Waals surface area contributed by atoms with Gasteiger partial charge in [0.15, 0.2) is 5.96 Å². The highest BCUT2D eigenvalue weighted by molar-refractivity contribution is 14.0. The van der Waals surface area contributed by atoms with Crippen molar-refractivity contribution >= 4 is 40.0 Å². The van der Waals surface area contributed by atoms with Gasteiger partial charge < -0.3 is 10.6 Å². The van der Waals surface area contributed by atoms with Gasteiger partial charge in [0.1, 0.15) is 0 Å². The van der Waals surface area contributed by atoms with Crippen LogP contribution in [-0.2, 0) is 16.6 Å². The van der Waals surface area contributed by atoms with Gasteiger partial charge in [-0.3, -0.25) is 9.67 Å². The van der Waals surface area contributed by atoms with E-state index in [0.29, 0.717) is 19.6 Å². The Balaban J connectivity index is 0.00000625. The van der Waals surface area contributed by atoms with Gasteiger partial charge in [0, 0.05) is 45.5 Å². The zero-order valence-electron chi connectivity index (χ0n) is 16.4. The molecule has 8 nitrogen and oxygen atoms in total. The standard InChI is InChI=1S/C16H32N6O2S.HI/c1-6-21(25(5,23)24)11-7-9-18-16(17-4)19-10-8-12-22-15(3)13-14(2)20-22;/h13H,6-12H2,1-5H3,(H2,17,18,19);1H. The molecule has 0 radical (unpaired) electrons. The number of hydrogen-bond acceptors (Lipinski definition) is 4. The van der Waals surface area contributed by atoms with E-state index in [1.807, 2.05) is 18.5 Å². The van der Waals surface area contributed by atoms with Crippen molar-refractivity contribution in [2.45, 2.75) is 40.2 Å². The minimum Gasteiger partial charge on any atom is -0.356 e. The van der Waals surface area contributed by atoms with Crippen molar-refractivity contribution < 1.29 is 8.42 Å². The second-order valence-electron chi connectivity index (χ2n) is 6.04. The molecular weight excluding hydrogens is 467 g/mol. The van der Waals surface area contributed by atoms with E-state index in [-0.39, 0.29) is 24.0 Å². The fraction of sp³-hybridized carbons (Fsp3) is 0.750. The Morgan fingerprint density at radius 1 is 1.27 bits per heavy atom. The summed E-state index contributed by atoms with van der Waals surface area (Å²) in [6.45, 7) is 9.24. The minimum atomic E-state index is -3.12. The largest absolute Gasteiger partial charge is 0.356 e. The normalized spacial score (nSPS) is 12.2. The zero-order chi connectivity index (χ0) is 18.9. The first-order valence-electron chi connectivity index (χ1n) is 8.68. The second kappa shape index (κ2) is 12.5. The fourth-order valence-electron chi connectivity index (χ4n) is 2.58. The summed E-state index contributed by atoms with van der Waals surface area (Å²) >= 11 is 0. The van der Waals surface area contributed by atoms with Gasteiger partial charge in [-0.1, -0.05) is 6.92 Å². The maximum absolute atomic E-state index is 11.5. The van der Waals surface area contributed by atoms with Crippen molar-refractivity contribution in [1.82, 2.24) is 24.7 Å². The number of nitrogens with one attached hydrogen (secondary N) is 2. The van der Waals surface area contributed by atoms with E-state index in [1.54, 1.807) is 7.05 Å². The van der Waals surface area contributed by atoms with Crippen LogP contribution >= 0.6 is 24.0 Å². The lowest BCUT2D eigenvalue weighted by Gasteiger charge is -2.18. The average Bonchev–Trinajstić information content (AvgIpc) is 2.85. The summed E-state index contributed by atoms with van der Waals surface area (Å²) in [5.74, 6) is 0.732. The van der Waals surface area contributed by atoms with Crippen LogP contribution in [0.4, 0.5) is 0 Å². The van der Waals surface area contributed by atoms with E-state index in [1.165, 1.54) is 16.3 Å². The third-order valence-corrected chi connectivity index (χ3v) is 5.24. The lowest BCUT2D eigenvalue weighted by atomic mass is 10.4. The topological polar surface area (TPSA) is 91.6 Å². The summed E-state index contributed by atoms with van der Waals surface area (Å²) < 4.78 is 26.5. The molecule has 0 saturated carbocycles. The number of halogens is 1. The molecule has 0 amide bonds. The molecule has 0 aliphatic carbocycles. The summed E-state index contributed by atoms with van der Waals surface area (Å²) in [5, 5.41) is 10.9. The van der Waals surface area contributed by atoms with Crippen LogP contribution in [0.15, 0.2) is 11.1 Å². The molecule has 1 aromatic rings. The van der Waals surface area contributed by atoms with E-state index in [9.17, 15) is 8.42 Å². The quantitative estimate of drug-likeness (QED) is 0.219. The van der Waals surface area contributed by atoms with Crippen LogP contribution in [0.2, 0.25) is 0 Å². The molecule has 0 unspecified atom stereocenters. The van der Waals surface area contributed by atoms with Gasteiger partial charge in [0.25, 0.3) is 0 Å². The van der Waals surface area contributed by atoms with E-state index < -0.39 is 10.0 Å². The number of aromatic nitrogens is 2. The Morgan fingerprint density at radius 3 is 2.35 bits per heavy atom. The smallest absolute Gasteiger partial charge is 0.211 e. The Labute approximate surface area is 174 Å². The Hall–Kier alpha value is -0.880. The number of aliphatic imine (C=N–C) groups is 1. The van der Waals surface area contributed by atoms with Gasteiger partial charge in [0.2, 0.25) is 10.0 Å². The summed E-state index contributed by atoms with van der Waals surface area (Å²) in [4.78, 5) is 4.18. The molecule has 26 heavy (non-hydrogen) atoms. The lowest BCUT2D eigenvalue weighted by molar-refractivity contribution is 0.424. The highest BCUT2D eigenvalue weighted by Gasteiger charge is 2.13. The van der Waals surface area contributed by atoms with Crippen LogP contribution in [0.3, 0.4) is 0 Å². The van der Waals surface area contributed by atoms with Crippen molar-refractivity contribution in [2.24, 2.45) is 4.99 Å². The number of guanidine groups is 1. The number of rotatable bonds is 10. The van der Waals surface area contributed by atoms with Crippen LogP contribution in [-0.4, -0.2) is 67.9 Å². The number of aryl methyl sites for hydroxylation is 3. The Morgan fingerprint density at radius 2 is 1.88 bits per heavy atom. The molecule has 1 rings (SSSR count). The van der Waals surface area contributed by atoms with Crippen LogP contribution in [0.5, 0.6) is 0 Å². The van der Waals surface area contributed by atoms with Gasteiger partial charge in [-0.2, -0.15) is 5.10 Å². The monoisotopic (exact) mass is 500 g/mol. The van der Waals surface area contributed by atoms with E-state index in [4.69, 9.17) is 0 Å². The van der Waals surface area contributed by atoms with Crippen LogP contribution in [0.25, 0.3) is 0 Å². The van der Waals surface area contributed by atoms with Crippen molar-refractivity contribution in [3.05, 3.63) is 17.5 Å². The molecular formula is C16H33IN6O2S. The highest BCUT2D eigenvalue weighted by atomic mass is 127. The molecule has 0 aliphatic rings. The van der Waals surface area contributed by atoms with E-state index in [0.717, 1.165) is 37.6 Å². The molecule has 152 valence electrons. The molecule has 2 N–H and O–H groups in total. The van der Waals surface area contributed by atoms with Crippen molar-refractivity contribution in [1.29, 1.82) is 0 Å². The highest BCUT2D eigenvalue weighted by Crippen LogP contribution is 2.02. The zero-order valence-corrected chi connectivity index (χ0v) is 19.6. The number of nitrogens with zero attached hydrogens (tertiary/aromatic N) is 4. The molecule has 0 bridgehead atoms. The van der Waals surface area contributed by atoms with Crippen molar-refractivity contribution in [3.63, 3.8) is 0 Å². The Kier molecular flexibility index (Phi) is 12.1. The molecule has 0 fully saturated rings. The average molecular weight is 500 g/mol. The van der Waals surface area contributed by atoms with E-state index >= 15 is 0 Å². The summed E-state index contributed by atoms with van der Waals surface area (Å²) in [7, 11) is -1.39. The third kappa shape index (κ3) is 9.17. The maximum atomic E-state index is 11.5. The molecule has 0 saturated heterocycles. The first-order valence-corrected chi connectivity index (χ1v) is 10.5. The lowest BCUT2D eigenvalue weighted by Crippen LogP contribution is -2.40. The van der Waals surface area contributed by atoms with Crippen molar-refractivity contribution in [2.75, 3.05) is 39.5 Å². The van der Waals surface area contributed by atoms with Gasteiger partial charge >= 0.3 is 0 Å².